The summed E-state index contributed by atoms with van der Waals surface area (Å²) in [6, 6.07) is 4.06. The summed E-state index contributed by atoms with van der Waals surface area (Å²) in [5.41, 5.74) is 7.00. The first-order valence-electron chi connectivity index (χ1n) is 7.38. The molecule has 1 aliphatic rings. The van der Waals surface area contributed by atoms with Crippen molar-refractivity contribution in [1.82, 2.24) is 15.0 Å². The highest BCUT2D eigenvalue weighted by molar-refractivity contribution is 5.89. The fourth-order valence-corrected chi connectivity index (χ4v) is 2.81. The smallest absolute Gasteiger partial charge is 0.223 e. The molecule has 0 spiro atoms. The van der Waals surface area contributed by atoms with E-state index in [4.69, 9.17) is 11.0 Å². The topological polar surface area (TPSA) is 113 Å². The zero-order chi connectivity index (χ0) is 15.7. The van der Waals surface area contributed by atoms with Crippen LogP contribution in [-0.4, -0.2) is 33.1 Å². The number of fused-ring (bicyclic) bond motifs is 1. The molecule has 114 valence electrons. The number of nitrogens with two attached hydrogens (primary N) is 1. The number of hydrogen-bond acceptors (Lipinski definition) is 7. The van der Waals surface area contributed by atoms with Gasteiger partial charge in [0.1, 0.15) is 17.3 Å². The molecule has 0 saturated heterocycles. The highest BCUT2D eigenvalue weighted by Gasteiger charge is 2.37. The maximum absolute atomic E-state index is 9.05. The number of rotatable bonds is 4. The lowest BCUT2D eigenvalue weighted by molar-refractivity contribution is 0.247. The van der Waals surface area contributed by atoms with Crippen molar-refractivity contribution in [2.24, 2.45) is 5.73 Å². The third-order valence-corrected chi connectivity index (χ3v) is 3.78. The number of anilines is 2. The minimum atomic E-state index is -0.0906. The molecule has 4 N–H and O–H groups in total. The number of nitrogens with one attached hydrogen (secondary N) is 2. The van der Waals surface area contributed by atoms with Crippen LogP contribution < -0.4 is 16.4 Å². The Morgan fingerprint density at radius 1 is 1.45 bits per heavy atom. The predicted octanol–water partition coefficient (Wildman–Crippen LogP) is 1.62. The van der Waals surface area contributed by atoms with Crippen LogP contribution in [-0.2, 0) is 0 Å². The number of pyridine rings is 1. The van der Waals surface area contributed by atoms with Crippen LogP contribution in [0.5, 0.6) is 0 Å². The standard InChI is InChI=1S/C15H19N7/c1-3-18-13-12-9(4-10(7-16)20-13)8-19-14(22-12)21-11-5-15(2,17)6-11/h4,8,11H,3,5-6,17H2,1-2H3,(H,18,20)(H,19,21,22). The molecule has 0 atom stereocenters. The summed E-state index contributed by atoms with van der Waals surface area (Å²) in [6.45, 7) is 4.73. The molecule has 1 saturated carbocycles. The number of nitrogens with zero attached hydrogens (tertiary/aromatic N) is 4. The van der Waals surface area contributed by atoms with E-state index < -0.39 is 0 Å². The Morgan fingerprint density at radius 3 is 2.86 bits per heavy atom. The molecule has 2 aromatic rings. The molecule has 0 amide bonds. The van der Waals surface area contributed by atoms with E-state index in [0.29, 0.717) is 35.6 Å². The van der Waals surface area contributed by atoms with Gasteiger partial charge in [-0.3, -0.25) is 0 Å². The molecule has 22 heavy (non-hydrogen) atoms. The molecule has 1 fully saturated rings. The van der Waals surface area contributed by atoms with Crippen molar-refractivity contribution in [1.29, 1.82) is 5.26 Å². The lowest BCUT2D eigenvalue weighted by Crippen LogP contribution is -2.54. The van der Waals surface area contributed by atoms with E-state index >= 15 is 0 Å². The van der Waals surface area contributed by atoms with Crippen LogP contribution in [0.2, 0.25) is 0 Å². The number of hydrogen-bond donors (Lipinski definition) is 3. The van der Waals surface area contributed by atoms with Gasteiger partial charge in [0.2, 0.25) is 5.95 Å². The van der Waals surface area contributed by atoms with E-state index in [9.17, 15) is 0 Å². The van der Waals surface area contributed by atoms with Crippen molar-refractivity contribution >= 4 is 22.7 Å². The molecule has 2 heterocycles. The Morgan fingerprint density at radius 2 is 2.23 bits per heavy atom. The Labute approximate surface area is 129 Å². The Hall–Kier alpha value is -2.46. The molecule has 0 bridgehead atoms. The zero-order valence-electron chi connectivity index (χ0n) is 12.7. The molecule has 0 unspecified atom stereocenters. The summed E-state index contributed by atoms with van der Waals surface area (Å²) in [4.78, 5) is 13.1. The molecule has 2 aromatic heterocycles. The van der Waals surface area contributed by atoms with Gasteiger partial charge in [0.15, 0.2) is 5.82 Å². The molecular weight excluding hydrogens is 278 g/mol. The molecule has 0 aromatic carbocycles. The van der Waals surface area contributed by atoms with E-state index in [1.807, 2.05) is 13.8 Å². The van der Waals surface area contributed by atoms with Crippen molar-refractivity contribution in [2.45, 2.75) is 38.3 Å². The summed E-state index contributed by atoms with van der Waals surface area (Å²) in [5, 5.41) is 16.3. The minimum absolute atomic E-state index is 0.0906. The molecule has 0 radical (unpaired) electrons. The van der Waals surface area contributed by atoms with Crippen LogP contribution >= 0.6 is 0 Å². The van der Waals surface area contributed by atoms with Gasteiger partial charge >= 0.3 is 0 Å². The first-order chi connectivity index (χ1) is 10.5. The maximum Gasteiger partial charge on any atom is 0.223 e. The minimum Gasteiger partial charge on any atom is -0.368 e. The van der Waals surface area contributed by atoms with Gasteiger partial charge in [0.25, 0.3) is 0 Å². The number of aromatic nitrogens is 3. The number of nitriles is 1. The van der Waals surface area contributed by atoms with Gasteiger partial charge in [0.05, 0.1) is 0 Å². The Kier molecular flexibility index (Phi) is 3.54. The quantitative estimate of drug-likeness (QED) is 0.786. The maximum atomic E-state index is 9.05. The summed E-state index contributed by atoms with van der Waals surface area (Å²) in [7, 11) is 0. The lowest BCUT2D eigenvalue weighted by Gasteiger charge is -2.42. The first-order valence-corrected chi connectivity index (χ1v) is 7.38. The summed E-state index contributed by atoms with van der Waals surface area (Å²) >= 11 is 0. The van der Waals surface area contributed by atoms with Gasteiger partial charge in [-0.25, -0.2) is 15.0 Å². The van der Waals surface area contributed by atoms with Crippen molar-refractivity contribution in [3.8, 4) is 6.07 Å². The Bertz CT molecular complexity index is 739. The van der Waals surface area contributed by atoms with Crippen molar-refractivity contribution in [3.05, 3.63) is 18.0 Å². The van der Waals surface area contributed by atoms with Crippen molar-refractivity contribution in [3.63, 3.8) is 0 Å². The van der Waals surface area contributed by atoms with Crippen LogP contribution in [0.3, 0.4) is 0 Å². The van der Waals surface area contributed by atoms with E-state index in [2.05, 4.69) is 31.7 Å². The molecule has 7 nitrogen and oxygen atoms in total. The van der Waals surface area contributed by atoms with Gasteiger partial charge in [-0.1, -0.05) is 0 Å². The van der Waals surface area contributed by atoms with Gasteiger partial charge in [-0.05, 0) is 32.8 Å². The highest BCUT2D eigenvalue weighted by Crippen LogP contribution is 2.31. The largest absolute Gasteiger partial charge is 0.368 e. The third kappa shape index (κ3) is 2.78. The third-order valence-electron chi connectivity index (χ3n) is 3.78. The lowest BCUT2D eigenvalue weighted by atomic mass is 9.75. The van der Waals surface area contributed by atoms with Gasteiger partial charge in [-0.2, -0.15) is 5.26 Å². The van der Waals surface area contributed by atoms with E-state index in [-0.39, 0.29) is 5.54 Å². The van der Waals surface area contributed by atoms with Crippen LogP contribution in [0.25, 0.3) is 10.9 Å². The average molecular weight is 297 g/mol. The SMILES string of the molecule is CCNc1nc(C#N)cc2cnc(NC3CC(C)(N)C3)nc12. The fraction of sp³-hybridized carbons (Fsp3) is 0.467. The molecule has 7 heteroatoms. The van der Waals surface area contributed by atoms with Crippen LogP contribution in [0.15, 0.2) is 12.3 Å². The summed E-state index contributed by atoms with van der Waals surface area (Å²) in [6.07, 6.45) is 3.52. The van der Waals surface area contributed by atoms with E-state index in [0.717, 1.165) is 18.2 Å². The van der Waals surface area contributed by atoms with E-state index in [1.54, 1.807) is 12.3 Å². The first kappa shape index (κ1) is 14.5. The van der Waals surface area contributed by atoms with Gasteiger partial charge in [0, 0.05) is 29.7 Å². The van der Waals surface area contributed by atoms with Gasteiger partial charge in [-0.15, -0.1) is 0 Å². The van der Waals surface area contributed by atoms with Crippen LogP contribution in [0.4, 0.5) is 11.8 Å². The molecular formula is C15H19N7. The fourth-order valence-electron chi connectivity index (χ4n) is 2.81. The normalized spacial score (nSPS) is 23.6. The van der Waals surface area contributed by atoms with Crippen molar-refractivity contribution < 1.29 is 0 Å². The molecule has 1 aliphatic carbocycles. The molecule has 0 aliphatic heterocycles. The van der Waals surface area contributed by atoms with E-state index in [1.165, 1.54) is 0 Å². The van der Waals surface area contributed by atoms with Crippen molar-refractivity contribution in [2.75, 3.05) is 17.2 Å². The Balaban J connectivity index is 1.91. The second-order valence-corrected chi connectivity index (χ2v) is 6.03. The highest BCUT2D eigenvalue weighted by atomic mass is 15.1. The average Bonchev–Trinajstić information content (AvgIpc) is 2.45. The van der Waals surface area contributed by atoms with Crippen LogP contribution in [0.1, 0.15) is 32.4 Å². The monoisotopic (exact) mass is 297 g/mol. The predicted molar refractivity (Wildman–Crippen MR) is 85.4 cm³/mol. The zero-order valence-corrected chi connectivity index (χ0v) is 12.7. The second kappa shape index (κ2) is 5.39. The van der Waals surface area contributed by atoms with Crippen LogP contribution in [0, 0.1) is 11.3 Å². The molecule has 3 rings (SSSR count). The summed E-state index contributed by atoms with van der Waals surface area (Å²) < 4.78 is 0. The van der Waals surface area contributed by atoms with Gasteiger partial charge < -0.3 is 16.4 Å². The second-order valence-electron chi connectivity index (χ2n) is 6.03. The summed E-state index contributed by atoms with van der Waals surface area (Å²) in [5.74, 6) is 1.18.